The molecule has 0 saturated heterocycles. The predicted octanol–water partition coefficient (Wildman–Crippen LogP) is 9.35. The number of carbonyl (C=O) groups is 2. The van der Waals surface area contributed by atoms with Gasteiger partial charge >= 0.3 is 12.3 Å². The van der Waals surface area contributed by atoms with Crippen LogP contribution < -0.4 is 0 Å². The summed E-state index contributed by atoms with van der Waals surface area (Å²) in [6, 6.07) is 0. The molecule has 0 aromatic heterocycles. The van der Waals surface area contributed by atoms with Gasteiger partial charge in [0, 0.05) is 0 Å². The number of hydrogen-bond acceptors (Lipinski definition) is 4. The highest BCUT2D eigenvalue weighted by atomic mass is 16.7. The average molecular weight is 473 g/mol. The van der Waals surface area contributed by atoms with E-state index in [1.807, 2.05) is 0 Å². The van der Waals surface area contributed by atoms with Crippen molar-refractivity contribution in [1.82, 2.24) is 0 Å². The molecule has 0 unspecified atom stereocenters. The van der Waals surface area contributed by atoms with Crippen LogP contribution in [0.3, 0.4) is 0 Å². The van der Waals surface area contributed by atoms with Crippen LogP contribution in [-0.4, -0.2) is 35.7 Å². The van der Waals surface area contributed by atoms with Crippen LogP contribution in [0.4, 0.5) is 9.59 Å². The van der Waals surface area contributed by atoms with E-state index in [9.17, 15) is 9.59 Å². The lowest BCUT2D eigenvalue weighted by molar-refractivity contribution is 0.0887. The number of ether oxygens (including phenoxy) is 2. The van der Waals surface area contributed by atoms with Gasteiger partial charge in [-0.15, -0.1) is 0 Å². The zero-order valence-electron chi connectivity index (χ0n) is 21.2. The Morgan fingerprint density at radius 1 is 0.333 bits per heavy atom. The maximum absolute atomic E-state index is 10.2. The zero-order chi connectivity index (χ0) is 24.2. The Labute approximate surface area is 202 Å². The topological polar surface area (TPSA) is 93.1 Å². The van der Waals surface area contributed by atoms with E-state index in [0.717, 1.165) is 25.7 Å². The molecule has 2 N–H and O–H groups in total. The molecule has 0 aliphatic rings. The van der Waals surface area contributed by atoms with Gasteiger partial charge < -0.3 is 19.7 Å². The molecule has 0 amide bonds. The third kappa shape index (κ3) is 30.5. The van der Waals surface area contributed by atoms with Crippen LogP contribution >= 0.6 is 0 Å². The van der Waals surface area contributed by atoms with Gasteiger partial charge in [0.2, 0.25) is 0 Å². The molecule has 0 fully saturated rings. The zero-order valence-corrected chi connectivity index (χ0v) is 21.2. The quantitative estimate of drug-likeness (QED) is 0.0962. The summed E-state index contributed by atoms with van der Waals surface area (Å²) in [7, 11) is 0. The summed E-state index contributed by atoms with van der Waals surface area (Å²) < 4.78 is 9.00. The standard InChI is InChI=1S/C27H52O6/c28-26(29)32-24-22-20-18-16-14-12-10-8-6-4-2-1-3-5-7-9-11-13-15-17-19-21-23-25-33-27(30)31/h1-25H2,(H,28,29)(H,30,31). The highest BCUT2D eigenvalue weighted by molar-refractivity contribution is 5.56. The van der Waals surface area contributed by atoms with Gasteiger partial charge in [0.05, 0.1) is 13.2 Å². The number of rotatable bonds is 26. The smallest absolute Gasteiger partial charge is 0.450 e. The van der Waals surface area contributed by atoms with Gasteiger partial charge in [0.25, 0.3) is 0 Å². The first-order valence-corrected chi connectivity index (χ1v) is 13.8. The predicted molar refractivity (Wildman–Crippen MR) is 134 cm³/mol. The molecule has 0 radical (unpaired) electrons. The lowest BCUT2D eigenvalue weighted by Crippen LogP contribution is -2.01. The van der Waals surface area contributed by atoms with E-state index in [0.29, 0.717) is 13.2 Å². The lowest BCUT2D eigenvalue weighted by Gasteiger charge is -2.04. The third-order valence-electron chi connectivity index (χ3n) is 6.24. The summed E-state index contributed by atoms with van der Waals surface area (Å²) in [5, 5.41) is 16.8. The van der Waals surface area contributed by atoms with Crippen molar-refractivity contribution in [2.75, 3.05) is 13.2 Å². The van der Waals surface area contributed by atoms with Crippen LogP contribution in [0.5, 0.6) is 0 Å². The van der Waals surface area contributed by atoms with Crippen molar-refractivity contribution in [3.63, 3.8) is 0 Å². The summed E-state index contributed by atoms with van der Waals surface area (Å²) in [6.45, 7) is 0.681. The van der Waals surface area contributed by atoms with Crippen LogP contribution in [-0.2, 0) is 9.47 Å². The first-order valence-electron chi connectivity index (χ1n) is 13.8. The average Bonchev–Trinajstić information content (AvgIpc) is 2.78. The SMILES string of the molecule is O=C(O)OCCCCCCCCCCCCCCCCCCCCCCCCCOC(=O)O. The number of unbranched alkanes of at least 4 members (excludes halogenated alkanes) is 22. The molecular formula is C27H52O6. The van der Waals surface area contributed by atoms with Gasteiger partial charge in [-0.3, -0.25) is 0 Å². The lowest BCUT2D eigenvalue weighted by atomic mass is 10.0. The highest BCUT2D eigenvalue weighted by Crippen LogP contribution is 2.15. The Balaban J connectivity index is 3.02. The largest absolute Gasteiger partial charge is 0.505 e. The van der Waals surface area contributed by atoms with Gasteiger partial charge in [-0.2, -0.15) is 0 Å². The first kappa shape index (κ1) is 31.5. The van der Waals surface area contributed by atoms with Crippen LogP contribution in [0.1, 0.15) is 148 Å². The molecule has 0 aliphatic carbocycles. The molecule has 0 aromatic carbocycles. The Bertz CT molecular complexity index is 389. The summed E-state index contributed by atoms with van der Waals surface area (Å²) in [6.07, 6.45) is 27.0. The second-order valence-corrected chi connectivity index (χ2v) is 9.36. The Morgan fingerprint density at radius 3 is 0.636 bits per heavy atom. The van der Waals surface area contributed by atoms with Crippen molar-refractivity contribution in [2.45, 2.75) is 148 Å². The molecule has 196 valence electrons. The van der Waals surface area contributed by atoms with Gasteiger partial charge in [0.1, 0.15) is 0 Å². The highest BCUT2D eigenvalue weighted by Gasteiger charge is 1.98. The van der Waals surface area contributed by atoms with Gasteiger partial charge in [-0.1, -0.05) is 135 Å². The molecule has 33 heavy (non-hydrogen) atoms. The minimum atomic E-state index is -1.16. The monoisotopic (exact) mass is 472 g/mol. The van der Waals surface area contributed by atoms with E-state index in [-0.39, 0.29) is 0 Å². The molecule has 0 rings (SSSR count). The number of carboxylic acid groups (broad SMARTS) is 2. The molecule has 0 saturated carbocycles. The first-order chi connectivity index (χ1) is 16.1. The molecule has 6 heteroatoms. The molecule has 0 heterocycles. The van der Waals surface area contributed by atoms with E-state index in [1.54, 1.807) is 0 Å². The van der Waals surface area contributed by atoms with Gasteiger partial charge in [-0.25, -0.2) is 9.59 Å². The van der Waals surface area contributed by atoms with Crippen molar-refractivity contribution in [1.29, 1.82) is 0 Å². The molecule has 0 bridgehead atoms. The van der Waals surface area contributed by atoms with Crippen molar-refractivity contribution in [2.24, 2.45) is 0 Å². The normalized spacial score (nSPS) is 10.9. The molecule has 6 nitrogen and oxygen atoms in total. The van der Waals surface area contributed by atoms with E-state index >= 15 is 0 Å². The molecule has 0 aromatic rings. The Morgan fingerprint density at radius 2 is 0.485 bits per heavy atom. The van der Waals surface area contributed by atoms with Crippen LogP contribution in [0.25, 0.3) is 0 Å². The fraction of sp³-hybridized carbons (Fsp3) is 0.926. The van der Waals surface area contributed by atoms with Crippen LogP contribution in [0, 0.1) is 0 Å². The molecular weight excluding hydrogens is 420 g/mol. The van der Waals surface area contributed by atoms with Crippen molar-refractivity contribution in [3.05, 3.63) is 0 Å². The third-order valence-corrected chi connectivity index (χ3v) is 6.24. The second-order valence-electron chi connectivity index (χ2n) is 9.36. The van der Waals surface area contributed by atoms with Gasteiger partial charge in [-0.05, 0) is 12.8 Å². The minimum absolute atomic E-state index is 0.341. The molecule has 0 spiro atoms. The molecule has 0 atom stereocenters. The van der Waals surface area contributed by atoms with Crippen molar-refractivity contribution in [3.8, 4) is 0 Å². The molecule has 0 aliphatic heterocycles. The summed E-state index contributed by atoms with van der Waals surface area (Å²) in [4.78, 5) is 20.4. The summed E-state index contributed by atoms with van der Waals surface area (Å²) >= 11 is 0. The van der Waals surface area contributed by atoms with E-state index in [4.69, 9.17) is 10.2 Å². The van der Waals surface area contributed by atoms with Gasteiger partial charge in [0.15, 0.2) is 0 Å². The van der Waals surface area contributed by atoms with E-state index in [1.165, 1.54) is 122 Å². The van der Waals surface area contributed by atoms with E-state index < -0.39 is 12.3 Å². The maximum atomic E-state index is 10.2. The summed E-state index contributed by atoms with van der Waals surface area (Å²) in [5.41, 5.74) is 0. The minimum Gasteiger partial charge on any atom is -0.450 e. The number of hydrogen-bond donors (Lipinski definition) is 2. The van der Waals surface area contributed by atoms with E-state index in [2.05, 4.69) is 9.47 Å². The van der Waals surface area contributed by atoms with Crippen molar-refractivity contribution >= 4 is 12.3 Å². The fourth-order valence-electron chi connectivity index (χ4n) is 4.24. The maximum Gasteiger partial charge on any atom is 0.505 e. The van der Waals surface area contributed by atoms with Crippen molar-refractivity contribution < 1.29 is 29.3 Å². The van der Waals surface area contributed by atoms with Crippen LogP contribution in [0.2, 0.25) is 0 Å². The Kier molecular flexibility index (Phi) is 25.6. The summed E-state index contributed by atoms with van der Waals surface area (Å²) in [5.74, 6) is 0. The Hall–Kier alpha value is -1.46. The fourth-order valence-corrected chi connectivity index (χ4v) is 4.24. The van der Waals surface area contributed by atoms with Crippen LogP contribution in [0.15, 0.2) is 0 Å². The second kappa shape index (κ2) is 26.8.